The molecule has 0 aromatic carbocycles. The lowest BCUT2D eigenvalue weighted by Crippen LogP contribution is -2.65. The van der Waals surface area contributed by atoms with E-state index >= 15 is 0 Å². The van der Waals surface area contributed by atoms with Crippen LogP contribution in [0.4, 0.5) is 0 Å². The van der Waals surface area contributed by atoms with E-state index in [9.17, 15) is 9.59 Å². The van der Waals surface area contributed by atoms with Crippen LogP contribution in [0.2, 0.25) is 0 Å². The van der Waals surface area contributed by atoms with Crippen LogP contribution < -0.4 is 5.32 Å². The molecule has 1 saturated carbocycles. The first kappa shape index (κ1) is 21.0. The summed E-state index contributed by atoms with van der Waals surface area (Å²) in [6.45, 7) is 9.73. The minimum Gasteiger partial charge on any atom is -0.463 e. The van der Waals surface area contributed by atoms with Crippen LogP contribution in [0, 0.1) is 0 Å². The Morgan fingerprint density at radius 1 is 1.27 bits per heavy atom. The number of aromatic nitrogens is 1. The summed E-state index contributed by atoms with van der Waals surface area (Å²) in [5.41, 5.74) is 1.24. The maximum atomic E-state index is 13.6. The number of rotatable bonds is 7. The quantitative estimate of drug-likeness (QED) is 0.755. The lowest BCUT2D eigenvalue weighted by atomic mass is 9.91. The molecule has 3 heterocycles. The van der Waals surface area contributed by atoms with Crippen LogP contribution in [-0.4, -0.2) is 63.9 Å². The van der Waals surface area contributed by atoms with E-state index in [4.69, 9.17) is 4.42 Å². The first-order chi connectivity index (χ1) is 14.5. The van der Waals surface area contributed by atoms with Crippen molar-refractivity contribution in [2.24, 2.45) is 0 Å². The maximum absolute atomic E-state index is 13.6. The molecule has 2 aromatic heterocycles. The minimum atomic E-state index is -0.933. The minimum absolute atomic E-state index is 0.0432. The second-order valence-corrected chi connectivity index (χ2v) is 8.85. The molecule has 0 radical (unpaired) electrons. The lowest BCUT2D eigenvalue weighted by Gasteiger charge is -2.45. The molecular weight excluding hydrogens is 380 g/mol. The van der Waals surface area contributed by atoms with Crippen molar-refractivity contribution in [2.45, 2.75) is 71.0 Å². The van der Waals surface area contributed by atoms with Gasteiger partial charge in [0.25, 0.3) is 5.91 Å². The van der Waals surface area contributed by atoms with Crippen molar-refractivity contribution in [1.29, 1.82) is 0 Å². The standard InChI is InChI=1S/C23H34N4O3/c1-4-25(5-2)12-13-27-21(28)19-15-20-18(11-14-30-20)26(19)16-23(27,3)22(29)24-17-9-7-6-8-10-17/h11,14-15,17H,4-10,12-13,16H2,1-3H3,(H,24,29)/t23-/m1/s1. The average molecular weight is 415 g/mol. The zero-order chi connectivity index (χ0) is 21.3. The van der Waals surface area contributed by atoms with E-state index in [1.807, 2.05) is 17.6 Å². The van der Waals surface area contributed by atoms with E-state index in [-0.39, 0.29) is 17.9 Å². The molecule has 7 nitrogen and oxygen atoms in total. The molecule has 1 fully saturated rings. The normalized spacial score (nSPS) is 22.7. The fourth-order valence-electron chi connectivity index (χ4n) is 4.99. The molecule has 7 heteroatoms. The second kappa shape index (κ2) is 8.46. The number of nitrogens with one attached hydrogen (secondary N) is 1. The third kappa shape index (κ3) is 3.64. The number of furan rings is 1. The first-order valence-corrected chi connectivity index (χ1v) is 11.4. The highest BCUT2D eigenvalue weighted by Gasteiger charge is 2.48. The van der Waals surface area contributed by atoms with Crippen LogP contribution in [0.15, 0.2) is 22.8 Å². The van der Waals surface area contributed by atoms with E-state index in [1.54, 1.807) is 17.2 Å². The fourth-order valence-corrected chi connectivity index (χ4v) is 4.99. The molecule has 1 N–H and O–H groups in total. The monoisotopic (exact) mass is 414 g/mol. The SMILES string of the molecule is CCN(CC)CCN1C(=O)c2cc3occc3n2C[C@]1(C)C(=O)NC1CCCCC1. The molecule has 4 rings (SSSR count). The second-order valence-electron chi connectivity index (χ2n) is 8.85. The fraction of sp³-hybridized carbons (Fsp3) is 0.652. The van der Waals surface area contributed by atoms with E-state index < -0.39 is 5.54 Å². The first-order valence-electron chi connectivity index (χ1n) is 11.4. The summed E-state index contributed by atoms with van der Waals surface area (Å²) < 4.78 is 7.49. The Morgan fingerprint density at radius 2 is 2.00 bits per heavy atom. The molecule has 0 bridgehead atoms. The third-order valence-electron chi connectivity index (χ3n) is 7.01. The molecule has 30 heavy (non-hydrogen) atoms. The van der Waals surface area contributed by atoms with Gasteiger partial charge in [-0.1, -0.05) is 33.1 Å². The molecule has 0 unspecified atom stereocenters. The zero-order valence-corrected chi connectivity index (χ0v) is 18.4. The van der Waals surface area contributed by atoms with Crippen molar-refractivity contribution in [2.75, 3.05) is 26.2 Å². The van der Waals surface area contributed by atoms with Crippen LogP contribution in [0.25, 0.3) is 11.1 Å². The Bertz CT molecular complexity index is 907. The van der Waals surface area contributed by atoms with Crippen LogP contribution in [0.1, 0.15) is 63.4 Å². The molecule has 2 aromatic rings. The molecule has 0 spiro atoms. The summed E-state index contributed by atoms with van der Waals surface area (Å²) in [4.78, 5) is 31.2. The number of hydrogen-bond acceptors (Lipinski definition) is 4. The van der Waals surface area contributed by atoms with Gasteiger partial charge in [-0.3, -0.25) is 9.59 Å². The van der Waals surface area contributed by atoms with Gasteiger partial charge in [-0.15, -0.1) is 0 Å². The summed E-state index contributed by atoms with van der Waals surface area (Å²) in [5, 5.41) is 3.28. The highest BCUT2D eigenvalue weighted by atomic mass is 16.3. The Hall–Kier alpha value is -2.28. The van der Waals surface area contributed by atoms with Crippen molar-refractivity contribution in [3.05, 3.63) is 24.1 Å². The summed E-state index contributed by atoms with van der Waals surface area (Å²) in [5.74, 6) is -0.139. The third-order valence-corrected chi connectivity index (χ3v) is 7.01. The molecular formula is C23H34N4O3. The number of hydrogen-bond donors (Lipinski definition) is 1. The summed E-state index contributed by atoms with van der Waals surface area (Å²) in [6.07, 6.45) is 7.23. The average Bonchev–Trinajstić information content (AvgIpc) is 3.34. The van der Waals surface area contributed by atoms with Crippen molar-refractivity contribution < 1.29 is 14.0 Å². The highest BCUT2D eigenvalue weighted by Crippen LogP contribution is 2.33. The van der Waals surface area contributed by atoms with Crippen molar-refractivity contribution in [3.63, 3.8) is 0 Å². The number of amides is 2. The van der Waals surface area contributed by atoms with Crippen molar-refractivity contribution in [3.8, 4) is 0 Å². The van der Waals surface area contributed by atoms with E-state index in [1.165, 1.54) is 6.42 Å². The van der Waals surface area contributed by atoms with E-state index in [0.717, 1.165) is 50.8 Å². The van der Waals surface area contributed by atoms with Crippen LogP contribution in [0.5, 0.6) is 0 Å². The van der Waals surface area contributed by atoms with Gasteiger partial charge in [0.1, 0.15) is 11.2 Å². The molecule has 1 aliphatic heterocycles. The van der Waals surface area contributed by atoms with Crippen molar-refractivity contribution >= 4 is 22.9 Å². The van der Waals surface area contributed by atoms with Gasteiger partial charge in [0.2, 0.25) is 5.91 Å². The zero-order valence-electron chi connectivity index (χ0n) is 18.4. The molecule has 0 saturated heterocycles. The van der Waals surface area contributed by atoms with Gasteiger partial charge < -0.3 is 24.1 Å². The largest absolute Gasteiger partial charge is 0.463 e. The number of carbonyl (C=O) groups excluding carboxylic acids is 2. The lowest BCUT2D eigenvalue weighted by molar-refractivity contribution is -0.133. The van der Waals surface area contributed by atoms with Crippen LogP contribution >= 0.6 is 0 Å². The molecule has 1 aliphatic carbocycles. The Kier molecular flexibility index (Phi) is 5.91. The number of carbonyl (C=O) groups is 2. The molecule has 164 valence electrons. The van der Waals surface area contributed by atoms with Crippen LogP contribution in [-0.2, 0) is 11.3 Å². The molecule has 2 amide bonds. The smallest absolute Gasteiger partial charge is 0.271 e. The topological polar surface area (TPSA) is 70.7 Å². The summed E-state index contributed by atoms with van der Waals surface area (Å²) in [7, 11) is 0. The molecule has 2 aliphatic rings. The van der Waals surface area contributed by atoms with Gasteiger partial charge in [0.15, 0.2) is 5.58 Å². The van der Waals surface area contributed by atoms with E-state index in [2.05, 4.69) is 24.1 Å². The van der Waals surface area contributed by atoms with Gasteiger partial charge in [-0.25, -0.2) is 0 Å². The predicted molar refractivity (Wildman–Crippen MR) is 116 cm³/mol. The molecule has 1 atom stereocenters. The van der Waals surface area contributed by atoms with Gasteiger partial charge in [-0.2, -0.15) is 0 Å². The van der Waals surface area contributed by atoms with Gasteiger partial charge in [-0.05, 0) is 32.9 Å². The highest BCUT2D eigenvalue weighted by molar-refractivity contribution is 6.02. The van der Waals surface area contributed by atoms with Gasteiger partial charge in [0, 0.05) is 31.3 Å². The Morgan fingerprint density at radius 3 is 2.70 bits per heavy atom. The van der Waals surface area contributed by atoms with Gasteiger partial charge in [0.05, 0.1) is 18.3 Å². The Balaban J connectivity index is 1.65. The predicted octanol–water partition coefficient (Wildman–Crippen LogP) is 3.24. The number of nitrogens with zero attached hydrogens (tertiary/aromatic N) is 3. The number of likely N-dealkylation sites (N-methyl/N-ethyl adjacent to an activating group) is 1. The summed E-state index contributed by atoms with van der Waals surface area (Å²) >= 11 is 0. The number of fused-ring (bicyclic) bond motifs is 3. The van der Waals surface area contributed by atoms with Crippen molar-refractivity contribution in [1.82, 2.24) is 19.7 Å². The Labute approximate surface area is 178 Å². The van der Waals surface area contributed by atoms with Gasteiger partial charge >= 0.3 is 0 Å². The summed E-state index contributed by atoms with van der Waals surface area (Å²) in [6, 6.07) is 3.89. The maximum Gasteiger partial charge on any atom is 0.271 e. The van der Waals surface area contributed by atoms with E-state index in [0.29, 0.717) is 24.4 Å². The van der Waals surface area contributed by atoms with Crippen LogP contribution in [0.3, 0.4) is 0 Å².